The van der Waals surface area contributed by atoms with Gasteiger partial charge in [0.05, 0.1) is 22.4 Å². The average molecular weight is 344 g/mol. The normalized spacial score (nSPS) is 15.4. The van der Waals surface area contributed by atoms with Gasteiger partial charge < -0.3 is 9.80 Å². The Morgan fingerprint density at radius 3 is 2.62 bits per heavy atom. The Hall–Kier alpha value is -2.07. The fourth-order valence-electron chi connectivity index (χ4n) is 3.06. The molecule has 126 valence electrons. The molecule has 0 spiro atoms. The Bertz CT molecular complexity index is 714. The predicted octanol–water partition coefficient (Wildman–Crippen LogP) is 4.17. The van der Waals surface area contributed by atoms with Gasteiger partial charge in [0, 0.05) is 31.9 Å². The summed E-state index contributed by atoms with van der Waals surface area (Å²) in [6, 6.07) is 11.2. The quantitative estimate of drug-likeness (QED) is 0.836. The first-order chi connectivity index (χ1) is 11.6. The molecular weight excluding hydrogens is 322 g/mol. The first-order valence-corrected chi connectivity index (χ1v) is 8.68. The van der Waals surface area contributed by atoms with Gasteiger partial charge in [0.25, 0.3) is 5.91 Å². The van der Waals surface area contributed by atoms with Crippen LogP contribution in [0.1, 0.15) is 41.9 Å². The molecule has 1 aromatic heterocycles. The Balaban J connectivity index is 1.78. The molecule has 24 heavy (non-hydrogen) atoms. The Kier molecular flexibility index (Phi) is 5.05. The highest BCUT2D eigenvalue weighted by atomic mass is 35.5. The predicted molar refractivity (Wildman–Crippen MR) is 97.6 cm³/mol. The van der Waals surface area contributed by atoms with Crippen molar-refractivity contribution in [3.05, 3.63) is 58.9 Å². The zero-order valence-electron chi connectivity index (χ0n) is 14.1. The zero-order valence-corrected chi connectivity index (χ0v) is 14.8. The molecule has 0 N–H and O–H groups in total. The second-order valence-electron chi connectivity index (χ2n) is 6.21. The molecule has 1 amide bonds. The lowest BCUT2D eigenvalue weighted by molar-refractivity contribution is 0.0740. The molecule has 1 atom stereocenters. The van der Waals surface area contributed by atoms with Gasteiger partial charge in [-0.05, 0) is 50.1 Å². The van der Waals surface area contributed by atoms with Gasteiger partial charge in [-0.15, -0.1) is 0 Å². The molecule has 3 rings (SSSR count). The zero-order chi connectivity index (χ0) is 17.1. The molecule has 1 saturated heterocycles. The minimum atomic E-state index is -0.101. The second kappa shape index (κ2) is 7.22. The van der Waals surface area contributed by atoms with E-state index in [0.717, 1.165) is 24.5 Å². The number of benzene rings is 1. The van der Waals surface area contributed by atoms with Crippen LogP contribution in [0.2, 0.25) is 5.02 Å². The maximum absolute atomic E-state index is 12.8. The second-order valence-corrected chi connectivity index (χ2v) is 6.61. The van der Waals surface area contributed by atoms with E-state index in [-0.39, 0.29) is 11.9 Å². The number of carbonyl (C=O) groups excluding carboxylic acids is 1. The van der Waals surface area contributed by atoms with Gasteiger partial charge >= 0.3 is 0 Å². The molecular formula is C19H22ClN3O. The maximum Gasteiger partial charge on any atom is 0.254 e. The first kappa shape index (κ1) is 16.8. The molecule has 0 saturated carbocycles. The Morgan fingerprint density at radius 1 is 1.25 bits per heavy atom. The lowest BCUT2D eigenvalue weighted by Gasteiger charge is -2.25. The Labute approximate surface area is 148 Å². The van der Waals surface area contributed by atoms with E-state index in [0.29, 0.717) is 10.6 Å². The number of anilines is 1. The van der Waals surface area contributed by atoms with E-state index < -0.39 is 0 Å². The van der Waals surface area contributed by atoms with Gasteiger partial charge in [0.1, 0.15) is 0 Å². The van der Waals surface area contributed by atoms with Crippen molar-refractivity contribution >= 4 is 23.2 Å². The number of carbonyl (C=O) groups is 1. The number of pyridine rings is 1. The third kappa shape index (κ3) is 3.39. The lowest BCUT2D eigenvalue weighted by Crippen LogP contribution is -2.30. The molecule has 1 unspecified atom stereocenters. The fourth-order valence-corrected chi connectivity index (χ4v) is 3.36. The third-order valence-electron chi connectivity index (χ3n) is 4.66. The molecule has 1 aliphatic rings. The van der Waals surface area contributed by atoms with E-state index in [9.17, 15) is 4.79 Å². The van der Waals surface area contributed by atoms with Gasteiger partial charge in [-0.3, -0.25) is 9.78 Å². The van der Waals surface area contributed by atoms with E-state index >= 15 is 0 Å². The number of rotatable bonds is 4. The number of amides is 1. The maximum atomic E-state index is 12.8. The molecule has 2 aromatic rings. The van der Waals surface area contributed by atoms with Crippen molar-refractivity contribution in [1.82, 2.24) is 9.88 Å². The molecule has 0 bridgehead atoms. The minimum Gasteiger partial charge on any atom is -0.370 e. The molecule has 4 nitrogen and oxygen atoms in total. The van der Waals surface area contributed by atoms with Gasteiger partial charge in [-0.25, -0.2) is 0 Å². The van der Waals surface area contributed by atoms with Gasteiger partial charge in [0.2, 0.25) is 0 Å². The van der Waals surface area contributed by atoms with Crippen LogP contribution in [-0.2, 0) is 0 Å². The smallest absolute Gasteiger partial charge is 0.254 e. The minimum absolute atomic E-state index is 0.0528. The number of hydrogen-bond acceptors (Lipinski definition) is 3. The summed E-state index contributed by atoms with van der Waals surface area (Å²) in [5.74, 6) is -0.0528. The molecule has 0 radical (unpaired) electrons. The van der Waals surface area contributed by atoms with Crippen LogP contribution in [0.5, 0.6) is 0 Å². The number of nitrogens with zero attached hydrogens (tertiary/aromatic N) is 3. The van der Waals surface area contributed by atoms with Crippen LogP contribution in [0.3, 0.4) is 0 Å². The monoisotopic (exact) mass is 343 g/mol. The highest BCUT2D eigenvalue weighted by Gasteiger charge is 2.21. The summed E-state index contributed by atoms with van der Waals surface area (Å²) in [6.07, 6.45) is 4.13. The molecule has 0 aliphatic carbocycles. The summed E-state index contributed by atoms with van der Waals surface area (Å²) < 4.78 is 0. The SMILES string of the molecule is CC(c1ccccn1)N(C)C(=O)c1ccc(N2CCCC2)c(Cl)c1. The molecule has 5 heteroatoms. The Morgan fingerprint density at radius 2 is 2.00 bits per heavy atom. The van der Waals surface area contributed by atoms with Crippen LogP contribution < -0.4 is 4.90 Å². The highest BCUT2D eigenvalue weighted by molar-refractivity contribution is 6.33. The molecule has 1 fully saturated rings. The van der Waals surface area contributed by atoms with E-state index in [1.54, 1.807) is 24.2 Å². The van der Waals surface area contributed by atoms with Crippen LogP contribution in [-0.4, -0.2) is 35.9 Å². The van der Waals surface area contributed by atoms with Crippen molar-refractivity contribution in [2.45, 2.75) is 25.8 Å². The van der Waals surface area contributed by atoms with Crippen LogP contribution in [0.15, 0.2) is 42.6 Å². The van der Waals surface area contributed by atoms with Crippen LogP contribution >= 0.6 is 11.6 Å². The molecule has 1 aromatic carbocycles. The summed E-state index contributed by atoms with van der Waals surface area (Å²) in [5, 5.41) is 0.640. The molecule has 2 heterocycles. The van der Waals surface area contributed by atoms with Crippen molar-refractivity contribution in [3.63, 3.8) is 0 Å². The third-order valence-corrected chi connectivity index (χ3v) is 4.96. The number of aromatic nitrogens is 1. The van der Waals surface area contributed by atoms with Gasteiger partial charge in [-0.1, -0.05) is 17.7 Å². The van der Waals surface area contributed by atoms with Crippen molar-refractivity contribution in [2.75, 3.05) is 25.0 Å². The summed E-state index contributed by atoms with van der Waals surface area (Å²) in [6.45, 7) is 4.04. The summed E-state index contributed by atoms with van der Waals surface area (Å²) in [4.78, 5) is 21.1. The average Bonchev–Trinajstić information content (AvgIpc) is 3.14. The fraction of sp³-hybridized carbons (Fsp3) is 0.368. The lowest BCUT2D eigenvalue weighted by atomic mass is 10.1. The number of halogens is 1. The molecule has 1 aliphatic heterocycles. The van der Waals surface area contributed by atoms with Gasteiger partial charge in [0.15, 0.2) is 0 Å². The largest absolute Gasteiger partial charge is 0.370 e. The van der Waals surface area contributed by atoms with Crippen molar-refractivity contribution in [3.8, 4) is 0 Å². The van der Waals surface area contributed by atoms with Crippen molar-refractivity contribution in [2.24, 2.45) is 0 Å². The van der Waals surface area contributed by atoms with Crippen molar-refractivity contribution in [1.29, 1.82) is 0 Å². The van der Waals surface area contributed by atoms with Crippen LogP contribution in [0.25, 0.3) is 0 Å². The van der Waals surface area contributed by atoms with Crippen LogP contribution in [0.4, 0.5) is 5.69 Å². The number of hydrogen-bond donors (Lipinski definition) is 0. The summed E-state index contributed by atoms with van der Waals surface area (Å²) in [7, 11) is 1.80. The van der Waals surface area contributed by atoms with E-state index in [1.165, 1.54) is 12.8 Å². The standard InChI is InChI=1S/C19H22ClN3O/c1-14(17-7-3-4-10-21-17)22(2)19(24)15-8-9-18(16(20)13-15)23-11-5-6-12-23/h3-4,7-10,13-14H,5-6,11-12H2,1-2H3. The first-order valence-electron chi connectivity index (χ1n) is 8.30. The van der Waals surface area contributed by atoms with Crippen molar-refractivity contribution < 1.29 is 4.79 Å². The van der Waals surface area contributed by atoms with E-state index in [1.807, 2.05) is 37.3 Å². The van der Waals surface area contributed by atoms with Gasteiger partial charge in [-0.2, -0.15) is 0 Å². The topological polar surface area (TPSA) is 36.4 Å². The highest BCUT2D eigenvalue weighted by Crippen LogP contribution is 2.30. The van der Waals surface area contributed by atoms with E-state index in [4.69, 9.17) is 11.6 Å². The van der Waals surface area contributed by atoms with E-state index in [2.05, 4.69) is 9.88 Å². The van der Waals surface area contributed by atoms with Crippen LogP contribution in [0, 0.1) is 0 Å². The summed E-state index contributed by atoms with van der Waals surface area (Å²) in [5.41, 5.74) is 2.49. The summed E-state index contributed by atoms with van der Waals surface area (Å²) >= 11 is 6.43.